The largest absolute Gasteiger partial charge is 0.377 e. The van der Waals surface area contributed by atoms with Gasteiger partial charge >= 0.3 is 0 Å². The van der Waals surface area contributed by atoms with E-state index in [4.69, 9.17) is 16.3 Å². The van der Waals surface area contributed by atoms with Crippen LogP contribution in [0.1, 0.15) is 33.6 Å². The highest BCUT2D eigenvalue weighted by Crippen LogP contribution is 2.23. The number of nitrogens with one attached hydrogen (secondary N) is 3. The average molecular weight is 484 g/mol. The van der Waals surface area contributed by atoms with Crippen LogP contribution in [0.2, 0.25) is 5.02 Å². The van der Waals surface area contributed by atoms with Gasteiger partial charge in [-0.25, -0.2) is 17.5 Å². The van der Waals surface area contributed by atoms with Crippen molar-refractivity contribution in [1.29, 1.82) is 0 Å². The summed E-state index contributed by atoms with van der Waals surface area (Å²) >= 11 is 6.05. The number of benzene rings is 2. The summed E-state index contributed by atoms with van der Waals surface area (Å²) < 4.78 is 46.7. The first-order valence-corrected chi connectivity index (χ1v) is 11.9. The molecule has 2 aromatic carbocycles. The Morgan fingerprint density at radius 2 is 1.81 bits per heavy atom. The van der Waals surface area contributed by atoms with Crippen LogP contribution in [0.5, 0.6) is 0 Å². The van der Waals surface area contributed by atoms with Gasteiger partial charge in [0.25, 0.3) is 11.8 Å². The number of ether oxygens (including phenoxy) is 1. The first-order valence-electron chi connectivity index (χ1n) is 9.99. The summed E-state index contributed by atoms with van der Waals surface area (Å²) in [6.45, 7) is 0.835. The number of rotatable bonds is 9. The second-order valence-electron chi connectivity index (χ2n) is 7.12. The van der Waals surface area contributed by atoms with Crippen molar-refractivity contribution >= 4 is 33.4 Å². The highest BCUT2D eigenvalue weighted by Gasteiger charge is 2.23. The predicted molar refractivity (Wildman–Crippen MR) is 117 cm³/mol. The minimum absolute atomic E-state index is 0.0152. The second kappa shape index (κ2) is 10.9. The molecule has 1 heterocycles. The molecule has 0 aliphatic carbocycles. The number of amides is 2. The van der Waals surface area contributed by atoms with Gasteiger partial charge in [-0.2, -0.15) is 0 Å². The maximum absolute atomic E-state index is 13.6. The van der Waals surface area contributed by atoms with Crippen LogP contribution < -0.4 is 15.4 Å². The molecule has 172 valence electrons. The zero-order chi connectivity index (χ0) is 23.1. The van der Waals surface area contributed by atoms with Crippen molar-refractivity contribution in [3.05, 3.63) is 64.4 Å². The molecule has 0 radical (unpaired) electrons. The zero-order valence-corrected chi connectivity index (χ0v) is 18.6. The Balaban J connectivity index is 1.55. The fraction of sp³-hybridized carbons (Fsp3) is 0.333. The molecule has 3 rings (SSSR count). The highest BCUT2D eigenvalue weighted by atomic mass is 35.5. The van der Waals surface area contributed by atoms with Gasteiger partial charge in [0, 0.05) is 31.8 Å². The second-order valence-corrected chi connectivity index (χ2v) is 9.27. The van der Waals surface area contributed by atoms with Gasteiger partial charge in [0.2, 0.25) is 10.0 Å². The van der Waals surface area contributed by atoms with E-state index in [1.54, 1.807) is 6.07 Å². The molecule has 3 N–H and O–H groups in total. The molecule has 0 aromatic heterocycles. The summed E-state index contributed by atoms with van der Waals surface area (Å²) in [6, 6.07) is 9.47. The molecule has 8 nitrogen and oxygen atoms in total. The number of carbonyl (C=O) groups excluding carboxylic acids is 2. The SMILES string of the molecule is O=C(NCCNC(=O)c1ccccc1F)c1ccc(Cl)c(S(=O)(=O)NCC2CCCO2)c1. The van der Waals surface area contributed by atoms with Crippen LogP contribution in [-0.2, 0) is 14.8 Å². The standard InChI is InChI=1S/C21H23ClFN3O5S/c22-17-8-7-14(12-19(17)32(29,30)26-13-15-4-3-11-31-15)20(27)24-9-10-25-21(28)16-5-1-2-6-18(16)23/h1-2,5-8,12,15,26H,3-4,9-11,13H2,(H,24,27)(H,25,28). The summed E-state index contributed by atoms with van der Waals surface area (Å²) in [5.74, 6) is -1.79. The molecule has 0 bridgehead atoms. The molecule has 1 aliphatic heterocycles. The fourth-order valence-electron chi connectivity index (χ4n) is 3.13. The smallest absolute Gasteiger partial charge is 0.254 e. The van der Waals surface area contributed by atoms with Gasteiger partial charge in [0.1, 0.15) is 10.7 Å². The first-order chi connectivity index (χ1) is 15.3. The third-order valence-corrected chi connectivity index (χ3v) is 6.73. The molecule has 11 heteroatoms. The number of hydrogen-bond donors (Lipinski definition) is 3. The lowest BCUT2D eigenvalue weighted by Crippen LogP contribution is -2.35. The quantitative estimate of drug-likeness (QED) is 0.473. The topological polar surface area (TPSA) is 114 Å². The third kappa shape index (κ3) is 6.26. The summed E-state index contributed by atoms with van der Waals surface area (Å²) in [6.07, 6.45) is 1.46. The van der Waals surface area contributed by atoms with Crippen LogP contribution in [0.4, 0.5) is 4.39 Å². The summed E-state index contributed by atoms with van der Waals surface area (Å²) in [5, 5.41) is 5.06. The Morgan fingerprint density at radius 3 is 2.50 bits per heavy atom. The highest BCUT2D eigenvalue weighted by molar-refractivity contribution is 7.89. The van der Waals surface area contributed by atoms with Crippen molar-refractivity contribution in [2.75, 3.05) is 26.2 Å². The van der Waals surface area contributed by atoms with E-state index in [9.17, 15) is 22.4 Å². The predicted octanol–water partition coefficient (Wildman–Crippen LogP) is 2.10. The number of carbonyl (C=O) groups is 2. The summed E-state index contributed by atoms with van der Waals surface area (Å²) in [7, 11) is -3.94. The van der Waals surface area contributed by atoms with E-state index < -0.39 is 27.7 Å². The van der Waals surface area contributed by atoms with E-state index in [1.165, 1.54) is 36.4 Å². The van der Waals surface area contributed by atoms with Crippen molar-refractivity contribution in [2.45, 2.75) is 23.8 Å². The summed E-state index contributed by atoms with van der Waals surface area (Å²) in [5.41, 5.74) is -0.00537. The van der Waals surface area contributed by atoms with Gasteiger partial charge in [-0.3, -0.25) is 9.59 Å². The maximum atomic E-state index is 13.6. The first kappa shape index (κ1) is 24.1. The van der Waals surface area contributed by atoms with Crippen LogP contribution in [0, 0.1) is 5.82 Å². The van der Waals surface area contributed by atoms with Crippen molar-refractivity contribution < 1.29 is 27.1 Å². The Morgan fingerprint density at radius 1 is 1.09 bits per heavy atom. The molecule has 0 spiro atoms. The molecular formula is C21H23ClFN3O5S. The van der Waals surface area contributed by atoms with E-state index in [1.807, 2.05) is 0 Å². The zero-order valence-electron chi connectivity index (χ0n) is 17.1. The van der Waals surface area contributed by atoms with E-state index in [-0.39, 0.29) is 46.8 Å². The van der Waals surface area contributed by atoms with Gasteiger partial charge in [0.15, 0.2) is 0 Å². The average Bonchev–Trinajstić information content (AvgIpc) is 3.29. The van der Waals surface area contributed by atoms with Crippen molar-refractivity contribution in [3.8, 4) is 0 Å². The normalized spacial score (nSPS) is 16.0. The van der Waals surface area contributed by atoms with Crippen LogP contribution in [0.3, 0.4) is 0 Å². The molecule has 1 unspecified atom stereocenters. The minimum atomic E-state index is -3.94. The van der Waals surface area contributed by atoms with Gasteiger partial charge in [-0.1, -0.05) is 23.7 Å². The van der Waals surface area contributed by atoms with Gasteiger partial charge in [-0.15, -0.1) is 0 Å². The molecule has 1 aliphatic rings. The third-order valence-electron chi connectivity index (χ3n) is 4.82. The monoisotopic (exact) mass is 483 g/mol. The number of halogens is 2. The van der Waals surface area contributed by atoms with E-state index in [0.29, 0.717) is 6.61 Å². The van der Waals surface area contributed by atoms with Gasteiger partial charge in [-0.05, 0) is 43.2 Å². The Labute approximate surface area is 190 Å². The van der Waals surface area contributed by atoms with Crippen LogP contribution in [0.25, 0.3) is 0 Å². The van der Waals surface area contributed by atoms with Crippen molar-refractivity contribution in [2.24, 2.45) is 0 Å². The molecule has 1 atom stereocenters. The minimum Gasteiger partial charge on any atom is -0.377 e. The van der Waals surface area contributed by atoms with E-state index in [0.717, 1.165) is 12.8 Å². The van der Waals surface area contributed by atoms with E-state index in [2.05, 4.69) is 15.4 Å². The molecule has 0 saturated carbocycles. The molecule has 2 aromatic rings. The lowest BCUT2D eigenvalue weighted by atomic mass is 10.2. The van der Waals surface area contributed by atoms with Crippen LogP contribution in [0.15, 0.2) is 47.4 Å². The van der Waals surface area contributed by atoms with Crippen LogP contribution in [-0.4, -0.2) is 52.6 Å². The van der Waals surface area contributed by atoms with Crippen molar-refractivity contribution in [3.63, 3.8) is 0 Å². The summed E-state index contributed by atoms with van der Waals surface area (Å²) in [4.78, 5) is 24.2. The molecule has 2 amide bonds. The lowest BCUT2D eigenvalue weighted by molar-refractivity contribution is 0.0925. The molecule has 1 fully saturated rings. The van der Waals surface area contributed by atoms with Crippen molar-refractivity contribution in [1.82, 2.24) is 15.4 Å². The lowest BCUT2D eigenvalue weighted by Gasteiger charge is -2.13. The number of sulfonamides is 1. The maximum Gasteiger partial charge on any atom is 0.254 e. The molecule has 1 saturated heterocycles. The van der Waals surface area contributed by atoms with E-state index >= 15 is 0 Å². The number of hydrogen-bond acceptors (Lipinski definition) is 5. The Kier molecular flexibility index (Phi) is 8.19. The van der Waals surface area contributed by atoms with Gasteiger partial charge in [0.05, 0.1) is 16.7 Å². The molecule has 32 heavy (non-hydrogen) atoms. The van der Waals surface area contributed by atoms with Crippen LogP contribution >= 0.6 is 11.6 Å². The fourth-order valence-corrected chi connectivity index (χ4v) is 4.72. The van der Waals surface area contributed by atoms with Gasteiger partial charge < -0.3 is 15.4 Å². The Bertz CT molecular complexity index is 1090. The molecular weight excluding hydrogens is 461 g/mol. The Hall–Kier alpha value is -2.53.